The number of urea groups is 1. The summed E-state index contributed by atoms with van der Waals surface area (Å²) in [5, 5.41) is 11.8. The van der Waals surface area contributed by atoms with E-state index >= 15 is 0 Å². The summed E-state index contributed by atoms with van der Waals surface area (Å²) in [7, 11) is 0. The number of carbonyl (C=O) groups is 3. The monoisotopic (exact) mass is 499 g/mol. The van der Waals surface area contributed by atoms with Crippen LogP contribution in [-0.4, -0.2) is 68.2 Å². The quantitative estimate of drug-likeness (QED) is 0.520. The van der Waals surface area contributed by atoms with E-state index in [1.54, 1.807) is 46.0 Å². The molecule has 0 bridgehead atoms. The van der Waals surface area contributed by atoms with Crippen molar-refractivity contribution in [2.24, 2.45) is 0 Å². The fourth-order valence-corrected chi connectivity index (χ4v) is 4.85. The highest BCUT2D eigenvalue weighted by Gasteiger charge is 2.36. The molecule has 0 radical (unpaired) electrons. The van der Waals surface area contributed by atoms with Gasteiger partial charge in [-0.2, -0.15) is 5.26 Å². The molecule has 2 saturated heterocycles. The van der Waals surface area contributed by atoms with Gasteiger partial charge in [-0.3, -0.25) is 18.9 Å². The summed E-state index contributed by atoms with van der Waals surface area (Å²) < 4.78 is 1.78. The highest BCUT2D eigenvalue weighted by Crippen LogP contribution is 2.36. The Morgan fingerprint density at radius 3 is 2.86 bits per heavy atom. The second-order valence-corrected chi connectivity index (χ2v) is 8.81. The number of piperazine rings is 1. The van der Waals surface area contributed by atoms with Crippen LogP contribution < -0.4 is 16.0 Å². The number of fused-ring (bicyclic) bond motifs is 1. The second kappa shape index (κ2) is 9.62. The zero-order chi connectivity index (χ0) is 26.1. The summed E-state index contributed by atoms with van der Waals surface area (Å²) in [5.74, 6) is 0.648. The molecule has 0 aliphatic carbocycles. The number of nitrogen functional groups attached to an aromatic ring is 1. The third-order valence-corrected chi connectivity index (χ3v) is 6.61. The minimum absolute atomic E-state index is 0.164. The normalized spacial score (nSPS) is 17.6. The Morgan fingerprint density at radius 2 is 2.11 bits per heavy atom. The number of hydrogen-bond acceptors (Lipinski definition) is 7. The molecular formula is C25H25N9O3. The molecule has 2 aliphatic heterocycles. The van der Waals surface area contributed by atoms with Gasteiger partial charge in [-0.15, -0.1) is 0 Å². The topological polar surface area (TPSA) is 153 Å². The molecule has 3 aromatic rings. The van der Waals surface area contributed by atoms with Crippen LogP contribution in [0.5, 0.6) is 0 Å². The van der Waals surface area contributed by atoms with Crippen molar-refractivity contribution < 1.29 is 14.4 Å². The highest BCUT2D eigenvalue weighted by molar-refractivity contribution is 6.02. The van der Waals surface area contributed by atoms with E-state index < -0.39 is 6.03 Å². The van der Waals surface area contributed by atoms with Crippen molar-refractivity contribution in [2.75, 3.05) is 42.1 Å². The molecular weight excluding hydrogens is 474 g/mol. The molecule has 2 fully saturated rings. The number of nitrogens with two attached hydrogens (primary N) is 1. The average molecular weight is 500 g/mol. The lowest BCUT2D eigenvalue weighted by atomic mass is 10.2. The van der Waals surface area contributed by atoms with Gasteiger partial charge in [0.05, 0.1) is 17.7 Å². The van der Waals surface area contributed by atoms with Crippen LogP contribution in [0.4, 0.5) is 22.1 Å². The lowest BCUT2D eigenvalue weighted by Gasteiger charge is -2.33. The predicted octanol–water partition coefficient (Wildman–Crippen LogP) is 1.91. The fourth-order valence-electron chi connectivity index (χ4n) is 4.85. The number of aromatic nitrogens is 3. The Labute approximate surface area is 212 Å². The molecule has 1 unspecified atom stereocenters. The number of carbonyl (C=O) groups excluding carboxylic acids is 3. The molecule has 0 saturated carbocycles. The third-order valence-electron chi connectivity index (χ3n) is 6.61. The molecule has 3 N–H and O–H groups in total. The van der Waals surface area contributed by atoms with Crippen LogP contribution in [0.15, 0.2) is 49.3 Å². The Morgan fingerprint density at radius 1 is 1.27 bits per heavy atom. The summed E-state index contributed by atoms with van der Waals surface area (Å²) in [6.07, 6.45) is 6.09. The first kappa shape index (κ1) is 23.8. The summed E-state index contributed by atoms with van der Waals surface area (Å²) in [5.41, 5.74) is 7.59. The minimum atomic E-state index is -0.441. The molecule has 4 heterocycles. The number of amides is 4. The van der Waals surface area contributed by atoms with Crippen molar-refractivity contribution in [3.8, 4) is 6.07 Å². The van der Waals surface area contributed by atoms with Crippen LogP contribution in [0.25, 0.3) is 5.52 Å². The summed E-state index contributed by atoms with van der Waals surface area (Å²) >= 11 is 0. The number of nitrogens with one attached hydrogen (secondary N) is 1. The van der Waals surface area contributed by atoms with E-state index in [0.717, 1.165) is 12.8 Å². The standard InChI is InChI=1S/C25H25N9O3/c1-2-19(35)32-9-4-7-18(32)23-30-24(21-22(27)28-8-10-34(21)23)33-12-11-31(15-20(33)36)25(37)29-17-6-3-5-16(13-17)14-26/h2-3,5-6,8,10,13,18H,1,4,7,9,11-12,15H2,(H2,27,28)(H,29,37). The number of likely N-dealkylation sites (tertiary alicyclic amines) is 1. The van der Waals surface area contributed by atoms with Crippen molar-refractivity contribution in [3.05, 3.63) is 60.7 Å². The lowest BCUT2D eigenvalue weighted by Crippen LogP contribution is -2.53. The van der Waals surface area contributed by atoms with E-state index in [1.807, 2.05) is 6.07 Å². The van der Waals surface area contributed by atoms with Gasteiger partial charge in [-0.05, 0) is 37.1 Å². The van der Waals surface area contributed by atoms with Crippen molar-refractivity contribution in [1.29, 1.82) is 5.26 Å². The van der Waals surface area contributed by atoms with Crippen LogP contribution in [0.2, 0.25) is 0 Å². The summed E-state index contributed by atoms with van der Waals surface area (Å²) in [6, 6.07) is 7.85. The SMILES string of the molecule is C=CC(=O)N1CCCC1c1nc(N2CCN(C(=O)Nc3cccc(C#N)c3)CC2=O)c2c(N)nccn12. The van der Waals surface area contributed by atoms with Gasteiger partial charge in [-0.25, -0.2) is 14.8 Å². The van der Waals surface area contributed by atoms with Gasteiger partial charge >= 0.3 is 6.03 Å². The Kier molecular flexibility index (Phi) is 6.19. The first-order valence-electron chi connectivity index (χ1n) is 11.8. The van der Waals surface area contributed by atoms with Gasteiger partial charge < -0.3 is 20.9 Å². The molecule has 12 heteroatoms. The number of nitrogens with zero attached hydrogens (tertiary/aromatic N) is 7. The van der Waals surface area contributed by atoms with E-state index in [0.29, 0.717) is 35.0 Å². The van der Waals surface area contributed by atoms with Gasteiger partial charge in [-0.1, -0.05) is 12.6 Å². The number of imidazole rings is 1. The van der Waals surface area contributed by atoms with E-state index in [4.69, 9.17) is 16.0 Å². The van der Waals surface area contributed by atoms with Gasteiger partial charge in [0.15, 0.2) is 11.6 Å². The average Bonchev–Trinajstić information content (AvgIpc) is 3.54. The molecule has 12 nitrogen and oxygen atoms in total. The molecule has 5 rings (SSSR count). The third kappa shape index (κ3) is 4.31. The lowest BCUT2D eigenvalue weighted by molar-refractivity contribution is -0.127. The summed E-state index contributed by atoms with van der Waals surface area (Å²) in [6.45, 7) is 4.48. The maximum absolute atomic E-state index is 13.2. The smallest absolute Gasteiger partial charge is 0.322 e. The van der Waals surface area contributed by atoms with E-state index in [1.165, 1.54) is 15.9 Å². The van der Waals surface area contributed by atoms with Crippen LogP contribution in [-0.2, 0) is 9.59 Å². The second-order valence-electron chi connectivity index (χ2n) is 8.81. The van der Waals surface area contributed by atoms with Gasteiger partial charge in [0.2, 0.25) is 11.8 Å². The zero-order valence-corrected chi connectivity index (χ0v) is 20.0. The van der Waals surface area contributed by atoms with Crippen LogP contribution >= 0.6 is 0 Å². The van der Waals surface area contributed by atoms with Crippen molar-refractivity contribution in [2.45, 2.75) is 18.9 Å². The van der Waals surface area contributed by atoms with Crippen LogP contribution in [0, 0.1) is 11.3 Å². The van der Waals surface area contributed by atoms with E-state index in [9.17, 15) is 14.4 Å². The van der Waals surface area contributed by atoms with Crippen molar-refractivity contribution >= 4 is 40.7 Å². The van der Waals surface area contributed by atoms with E-state index in [-0.39, 0.29) is 43.3 Å². The van der Waals surface area contributed by atoms with Gasteiger partial charge in [0.1, 0.15) is 17.9 Å². The van der Waals surface area contributed by atoms with Crippen LogP contribution in [0.1, 0.15) is 30.3 Å². The Balaban J connectivity index is 1.40. The Bertz CT molecular complexity index is 1460. The number of hydrogen-bond donors (Lipinski definition) is 2. The molecule has 1 atom stereocenters. The highest BCUT2D eigenvalue weighted by atomic mass is 16.2. The maximum atomic E-state index is 13.2. The van der Waals surface area contributed by atoms with Crippen LogP contribution in [0.3, 0.4) is 0 Å². The predicted molar refractivity (Wildman–Crippen MR) is 135 cm³/mol. The Hall–Kier alpha value is -4.92. The molecule has 2 aromatic heterocycles. The van der Waals surface area contributed by atoms with Crippen molar-refractivity contribution in [1.82, 2.24) is 24.2 Å². The molecule has 0 spiro atoms. The maximum Gasteiger partial charge on any atom is 0.322 e. The molecule has 4 amide bonds. The number of benzene rings is 1. The molecule has 188 valence electrons. The molecule has 2 aliphatic rings. The van der Waals surface area contributed by atoms with Crippen molar-refractivity contribution in [3.63, 3.8) is 0 Å². The fraction of sp³-hybridized carbons (Fsp3) is 0.280. The van der Waals surface area contributed by atoms with Gasteiger partial charge in [0.25, 0.3) is 0 Å². The van der Waals surface area contributed by atoms with E-state index in [2.05, 4.69) is 16.9 Å². The minimum Gasteiger partial charge on any atom is -0.382 e. The molecule has 37 heavy (non-hydrogen) atoms. The largest absolute Gasteiger partial charge is 0.382 e. The zero-order valence-electron chi connectivity index (χ0n) is 20.0. The first-order chi connectivity index (χ1) is 17.9. The van der Waals surface area contributed by atoms with Gasteiger partial charge in [0, 0.05) is 37.7 Å². The number of rotatable bonds is 4. The number of anilines is 3. The molecule has 1 aromatic carbocycles. The first-order valence-corrected chi connectivity index (χ1v) is 11.8. The summed E-state index contributed by atoms with van der Waals surface area (Å²) in [4.78, 5) is 52.1. The number of nitriles is 1.